The number of benzene rings is 2. The third-order valence-corrected chi connectivity index (χ3v) is 4.37. The van der Waals surface area contributed by atoms with Gasteiger partial charge in [0, 0.05) is 11.2 Å². The first kappa shape index (κ1) is 14.8. The Morgan fingerprint density at radius 2 is 1.73 bits per heavy atom. The molecule has 0 aliphatic heterocycles. The maximum atomic E-state index is 12.2. The number of nitrogens with two attached hydrogens (primary N) is 1. The predicted molar refractivity (Wildman–Crippen MR) is 88.4 cm³/mol. The van der Waals surface area contributed by atoms with E-state index >= 15 is 0 Å². The molecule has 2 aromatic carbocycles. The summed E-state index contributed by atoms with van der Waals surface area (Å²) in [6.07, 6.45) is 2.32. The maximum absolute atomic E-state index is 12.2. The highest BCUT2D eigenvalue weighted by Crippen LogP contribution is 2.45. The van der Waals surface area contributed by atoms with Crippen molar-refractivity contribution in [1.29, 1.82) is 0 Å². The van der Waals surface area contributed by atoms with Crippen molar-refractivity contribution in [2.45, 2.75) is 24.4 Å². The number of carbonyl (C=O) groups is 1. The highest BCUT2D eigenvalue weighted by atomic mass is 16.2. The van der Waals surface area contributed by atoms with Gasteiger partial charge in [0.1, 0.15) is 6.04 Å². The fraction of sp³-hybridized carbons (Fsp3) is 0.278. The van der Waals surface area contributed by atoms with Crippen LogP contribution in [0.15, 0.2) is 54.6 Å². The van der Waals surface area contributed by atoms with Gasteiger partial charge in [0.05, 0.1) is 0 Å². The summed E-state index contributed by atoms with van der Waals surface area (Å²) in [6, 6.07) is 16.7. The van der Waals surface area contributed by atoms with Crippen molar-refractivity contribution in [2.75, 3.05) is 12.4 Å². The van der Waals surface area contributed by atoms with Gasteiger partial charge in [-0.1, -0.05) is 42.5 Å². The molecule has 114 valence electrons. The molecule has 3 rings (SSSR count). The van der Waals surface area contributed by atoms with Crippen LogP contribution < -0.4 is 16.4 Å². The SMILES string of the molecule is CNC1(c2ccc(NC(=O)C(N)c3ccccc3)cc2)CC1. The van der Waals surface area contributed by atoms with Crippen LogP contribution in [0, 0.1) is 0 Å². The molecular weight excluding hydrogens is 274 g/mol. The van der Waals surface area contributed by atoms with E-state index in [1.807, 2.05) is 49.5 Å². The molecule has 1 unspecified atom stereocenters. The van der Waals surface area contributed by atoms with Crippen LogP contribution in [0.4, 0.5) is 5.69 Å². The molecule has 0 radical (unpaired) electrons. The molecule has 4 heteroatoms. The topological polar surface area (TPSA) is 67.1 Å². The van der Waals surface area contributed by atoms with E-state index in [4.69, 9.17) is 5.73 Å². The first-order valence-electron chi connectivity index (χ1n) is 7.55. The Labute approximate surface area is 130 Å². The lowest BCUT2D eigenvalue weighted by Gasteiger charge is -2.16. The first-order chi connectivity index (χ1) is 10.6. The lowest BCUT2D eigenvalue weighted by atomic mass is 10.0. The van der Waals surface area contributed by atoms with Gasteiger partial charge in [0.15, 0.2) is 0 Å². The van der Waals surface area contributed by atoms with Crippen LogP contribution in [0.1, 0.15) is 30.0 Å². The molecule has 1 aliphatic carbocycles. The average molecular weight is 295 g/mol. The number of anilines is 1. The van der Waals surface area contributed by atoms with Gasteiger partial charge in [-0.3, -0.25) is 4.79 Å². The molecule has 0 saturated heterocycles. The number of hydrogen-bond acceptors (Lipinski definition) is 3. The largest absolute Gasteiger partial charge is 0.324 e. The predicted octanol–water partition coefficient (Wildman–Crippen LogP) is 2.53. The molecule has 1 atom stereocenters. The zero-order valence-corrected chi connectivity index (χ0v) is 12.7. The van der Waals surface area contributed by atoms with Crippen molar-refractivity contribution in [3.63, 3.8) is 0 Å². The van der Waals surface area contributed by atoms with E-state index in [0.29, 0.717) is 0 Å². The molecule has 1 saturated carbocycles. The normalized spacial score (nSPS) is 16.8. The molecule has 2 aromatic rings. The fourth-order valence-corrected chi connectivity index (χ4v) is 2.71. The number of hydrogen-bond donors (Lipinski definition) is 3. The molecule has 0 bridgehead atoms. The minimum atomic E-state index is -0.659. The standard InChI is InChI=1S/C18H21N3O/c1-20-18(11-12-18)14-7-9-15(10-8-14)21-17(22)16(19)13-5-3-2-4-6-13/h2-10,16,20H,11-12,19H2,1H3,(H,21,22). The van der Waals surface area contributed by atoms with Gasteiger partial charge in [-0.05, 0) is 43.1 Å². The van der Waals surface area contributed by atoms with Crippen LogP contribution >= 0.6 is 0 Å². The van der Waals surface area contributed by atoms with Crippen molar-refractivity contribution >= 4 is 11.6 Å². The van der Waals surface area contributed by atoms with Gasteiger partial charge in [-0.2, -0.15) is 0 Å². The highest BCUT2D eigenvalue weighted by Gasteiger charge is 2.42. The zero-order chi connectivity index (χ0) is 15.6. The van der Waals surface area contributed by atoms with E-state index in [-0.39, 0.29) is 11.4 Å². The third-order valence-electron chi connectivity index (χ3n) is 4.37. The van der Waals surface area contributed by atoms with E-state index in [9.17, 15) is 4.79 Å². The Balaban J connectivity index is 1.67. The lowest BCUT2D eigenvalue weighted by molar-refractivity contribution is -0.117. The number of nitrogens with one attached hydrogen (secondary N) is 2. The summed E-state index contributed by atoms with van der Waals surface area (Å²) >= 11 is 0. The molecule has 1 fully saturated rings. The van der Waals surface area contributed by atoms with Crippen molar-refractivity contribution in [1.82, 2.24) is 5.32 Å². The smallest absolute Gasteiger partial charge is 0.245 e. The van der Waals surface area contributed by atoms with Gasteiger partial charge in [-0.15, -0.1) is 0 Å². The van der Waals surface area contributed by atoms with Crippen LogP contribution in [-0.2, 0) is 10.3 Å². The van der Waals surface area contributed by atoms with Gasteiger partial charge in [0.2, 0.25) is 5.91 Å². The molecular formula is C18H21N3O. The Hall–Kier alpha value is -2.17. The minimum Gasteiger partial charge on any atom is -0.324 e. The second-order valence-corrected chi connectivity index (χ2v) is 5.79. The average Bonchev–Trinajstić information content (AvgIpc) is 3.37. The van der Waals surface area contributed by atoms with E-state index < -0.39 is 6.04 Å². The van der Waals surface area contributed by atoms with Crippen molar-refractivity contribution < 1.29 is 4.79 Å². The fourth-order valence-electron chi connectivity index (χ4n) is 2.71. The van der Waals surface area contributed by atoms with Gasteiger partial charge < -0.3 is 16.4 Å². The monoisotopic (exact) mass is 295 g/mol. The van der Waals surface area contributed by atoms with Crippen LogP contribution in [0.3, 0.4) is 0 Å². The highest BCUT2D eigenvalue weighted by molar-refractivity contribution is 5.95. The molecule has 0 heterocycles. The molecule has 4 N–H and O–H groups in total. The number of carbonyl (C=O) groups excluding carboxylic acids is 1. The molecule has 22 heavy (non-hydrogen) atoms. The summed E-state index contributed by atoms with van der Waals surface area (Å²) in [5, 5.41) is 6.23. The second-order valence-electron chi connectivity index (χ2n) is 5.79. The zero-order valence-electron chi connectivity index (χ0n) is 12.7. The van der Waals surface area contributed by atoms with Gasteiger partial charge >= 0.3 is 0 Å². The van der Waals surface area contributed by atoms with Crippen LogP contribution in [-0.4, -0.2) is 13.0 Å². The Kier molecular flexibility index (Phi) is 3.96. The summed E-state index contributed by atoms with van der Waals surface area (Å²) in [5.41, 5.74) is 8.98. The lowest BCUT2D eigenvalue weighted by Crippen LogP contribution is -2.28. The quantitative estimate of drug-likeness (QED) is 0.794. The molecule has 0 aromatic heterocycles. The second kappa shape index (κ2) is 5.91. The molecule has 0 spiro atoms. The summed E-state index contributed by atoms with van der Waals surface area (Å²) < 4.78 is 0. The molecule has 1 aliphatic rings. The summed E-state index contributed by atoms with van der Waals surface area (Å²) in [5.74, 6) is -0.200. The first-order valence-corrected chi connectivity index (χ1v) is 7.55. The Bertz CT molecular complexity index is 648. The summed E-state index contributed by atoms with van der Waals surface area (Å²) in [4.78, 5) is 12.2. The van der Waals surface area contributed by atoms with Crippen molar-refractivity contribution in [3.05, 3.63) is 65.7 Å². The number of amides is 1. The minimum absolute atomic E-state index is 0.142. The van der Waals surface area contributed by atoms with E-state index in [1.165, 1.54) is 5.56 Å². The van der Waals surface area contributed by atoms with Crippen LogP contribution in [0.2, 0.25) is 0 Å². The summed E-state index contributed by atoms with van der Waals surface area (Å²) in [6.45, 7) is 0. The third kappa shape index (κ3) is 2.89. The number of rotatable bonds is 5. The van der Waals surface area contributed by atoms with Crippen LogP contribution in [0.5, 0.6) is 0 Å². The summed E-state index contributed by atoms with van der Waals surface area (Å²) in [7, 11) is 1.99. The van der Waals surface area contributed by atoms with E-state index in [1.54, 1.807) is 0 Å². The Morgan fingerprint density at radius 3 is 2.27 bits per heavy atom. The molecule has 4 nitrogen and oxygen atoms in total. The van der Waals surface area contributed by atoms with Crippen molar-refractivity contribution in [2.24, 2.45) is 5.73 Å². The van der Waals surface area contributed by atoms with Gasteiger partial charge in [0.25, 0.3) is 0 Å². The Morgan fingerprint density at radius 1 is 1.09 bits per heavy atom. The van der Waals surface area contributed by atoms with E-state index in [0.717, 1.165) is 24.1 Å². The van der Waals surface area contributed by atoms with Crippen LogP contribution in [0.25, 0.3) is 0 Å². The van der Waals surface area contributed by atoms with Gasteiger partial charge in [-0.25, -0.2) is 0 Å². The van der Waals surface area contributed by atoms with E-state index in [2.05, 4.69) is 22.8 Å². The maximum Gasteiger partial charge on any atom is 0.245 e. The van der Waals surface area contributed by atoms with Crippen molar-refractivity contribution in [3.8, 4) is 0 Å². The molecule has 1 amide bonds.